The minimum atomic E-state index is -0.452. The maximum Gasteiger partial charge on any atom is 0.256 e. The number of carbonyl (C=O) groups excluding carboxylic acids is 1. The van der Waals surface area contributed by atoms with Crippen LogP contribution in [0.2, 0.25) is 0 Å². The summed E-state index contributed by atoms with van der Waals surface area (Å²) in [5.41, 5.74) is 0.801. The molecule has 1 fully saturated rings. The molecule has 0 radical (unpaired) electrons. The largest absolute Gasteiger partial charge is 0.477 e. The predicted molar refractivity (Wildman–Crippen MR) is 108 cm³/mol. The van der Waals surface area contributed by atoms with E-state index in [9.17, 15) is 9.18 Å². The van der Waals surface area contributed by atoms with Crippen LogP contribution in [0.15, 0.2) is 30.7 Å². The molecular formula is C21H23FN6O2. The van der Waals surface area contributed by atoms with E-state index in [0.29, 0.717) is 36.1 Å². The summed E-state index contributed by atoms with van der Waals surface area (Å²) in [4.78, 5) is 23.8. The molecular weight excluding hydrogens is 387 g/mol. The van der Waals surface area contributed by atoms with Crippen LogP contribution in [0, 0.1) is 11.2 Å². The normalized spacial score (nSPS) is 19.9. The number of ether oxygens (including phenoxy) is 1. The van der Waals surface area contributed by atoms with Crippen molar-refractivity contribution < 1.29 is 13.9 Å². The molecule has 3 aromatic rings. The molecule has 1 amide bonds. The number of rotatable bonds is 0. The van der Waals surface area contributed by atoms with Crippen LogP contribution in [-0.4, -0.2) is 45.7 Å². The van der Waals surface area contributed by atoms with E-state index in [0.717, 1.165) is 18.4 Å². The van der Waals surface area contributed by atoms with E-state index < -0.39 is 11.4 Å². The standard InChI is InChI=1S/C21H23FN6O2/c1-20(2)11-24-18(29)14-10-25-28-7-4-16(26-17(14)28)27(3)21(5-6-21)15-8-13(22)9-23-19(15)30-12-20/h4,7-10H,5-6,11-12H2,1-3H3,(H,24,29). The number of hydrogen-bond donors (Lipinski definition) is 1. The third-order valence-electron chi connectivity index (χ3n) is 5.95. The van der Waals surface area contributed by atoms with E-state index in [-0.39, 0.29) is 11.3 Å². The highest BCUT2D eigenvalue weighted by atomic mass is 19.1. The Morgan fingerprint density at radius 2 is 2.07 bits per heavy atom. The molecule has 0 atom stereocenters. The number of pyridine rings is 1. The molecule has 3 aromatic heterocycles. The second-order valence-electron chi connectivity index (χ2n) is 8.84. The molecule has 1 spiro atoms. The quantitative estimate of drug-likeness (QED) is 0.613. The van der Waals surface area contributed by atoms with E-state index in [4.69, 9.17) is 9.72 Å². The molecule has 0 unspecified atom stereocenters. The fourth-order valence-electron chi connectivity index (χ4n) is 3.93. The Morgan fingerprint density at radius 3 is 2.83 bits per heavy atom. The van der Waals surface area contributed by atoms with Gasteiger partial charge in [0.05, 0.1) is 24.5 Å². The monoisotopic (exact) mass is 410 g/mol. The van der Waals surface area contributed by atoms with Crippen molar-refractivity contribution in [1.82, 2.24) is 24.9 Å². The van der Waals surface area contributed by atoms with Crippen LogP contribution in [0.1, 0.15) is 42.6 Å². The van der Waals surface area contributed by atoms with Gasteiger partial charge in [-0.25, -0.2) is 18.9 Å². The lowest BCUT2D eigenvalue weighted by Crippen LogP contribution is -2.38. The van der Waals surface area contributed by atoms with Crippen molar-refractivity contribution in [2.24, 2.45) is 5.41 Å². The maximum atomic E-state index is 14.2. The molecule has 1 aliphatic heterocycles. The van der Waals surface area contributed by atoms with Crippen molar-refractivity contribution >= 4 is 17.4 Å². The van der Waals surface area contributed by atoms with Crippen molar-refractivity contribution in [3.63, 3.8) is 0 Å². The van der Waals surface area contributed by atoms with Crippen molar-refractivity contribution in [2.75, 3.05) is 25.1 Å². The second-order valence-corrected chi connectivity index (χ2v) is 8.84. The highest BCUT2D eigenvalue weighted by molar-refractivity contribution is 5.99. The van der Waals surface area contributed by atoms with Gasteiger partial charge in [-0.3, -0.25) is 4.79 Å². The Morgan fingerprint density at radius 1 is 1.27 bits per heavy atom. The number of amides is 1. The Bertz CT molecular complexity index is 1150. The van der Waals surface area contributed by atoms with E-state index in [1.165, 1.54) is 18.5 Å². The average Bonchev–Trinajstić information content (AvgIpc) is 3.43. The molecule has 30 heavy (non-hydrogen) atoms. The molecule has 0 saturated heterocycles. The molecule has 156 valence electrons. The van der Waals surface area contributed by atoms with Crippen LogP contribution in [0.5, 0.6) is 5.88 Å². The molecule has 1 aliphatic carbocycles. The SMILES string of the molecule is CN1c2ccn3ncc(c3n2)C(=O)NCC(C)(C)COc2ncc(F)cc2C12CC2. The van der Waals surface area contributed by atoms with E-state index >= 15 is 0 Å². The number of fused-ring (bicyclic) bond motifs is 3. The van der Waals surface area contributed by atoms with Gasteiger partial charge in [-0.15, -0.1) is 0 Å². The number of nitrogens with zero attached hydrogens (tertiary/aromatic N) is 5. The Balaban J connectivity index is 1.68. The summed E-state index contributed by atoms with van der Waals surface area (Å²) in [5.74, 6) is 0.459. The zero-order chi connectivity index (χ0) is 21.1. The minimum absolute atomic E-state index is 0.232. The number of nitrogens with one attached hydrogen (secondary N) is 1. The van der Waals surface area contributed by atoms with Gasteiger partial charge in [0, 0.05) is 30.8 Å². The molecule has 8 nitrogen and oxygen atoms in total. The lowest BCUT2D eigenvalue weighted by Gasteiger charge is -2.32. The fraction of sp³-hybridized carbons (Fsp3) is 0.429. The van der Waals surface area contributed by atoms with Gasteiger partial charge in [-0.05, 0) is 25.0 Å². The number of anilines is 1. The third-order valence-corrected chi connectivity index (χ3v) is 5.95. The minimum Gasteiger partial charge on any atom is -0.477 e. The van der Waals surface area contributed by atoms with Crippen LogP contribution in [0.3, 0.4) is 0 Å². The van der Waals surface area contributed by atoms with Gasteiger partial charge in [0.1, 0.15) is 17.2 Å². The van der Waals surface area contributed by atoms with Crippen molar-refractivity contribution in [3.8, 4) is 5.88 Å². The van der Waals surface area contributed by atoms with Crippen LogP contribution in [0.25, 0.3) is 5.65 Å². The van der Waals surface area contributed by atoms with Crippen molar-refractivity contribution in [2.45, 2.75) is 32.2 Å². The fourth-order valence-corrected chi connectivity index (χ4v) is 3.93. The first-order valence-corrected chi connectivity index (χ1v) is 9.94. The van der Waals surface area contributed by atoms with Crippen LogP contribution in [0.4, 0.5) is 10.2 Å². The van der Waals surface area contributed by atoms with Crippen LogP contribution < -0.4 is 15.0 Å². The number of halogens is 1. The Hall–Kier alpha value is -3.23. The van der Waals surface area contributed by atoms with Gasteiger partial charge < -0.3 is 15.0 Å². The summed E-state index contributed by atoms with van der Waals surface area (Å²) in [5, 5.41) is 7.20. The topological polar surface area (TPSA) is 84.7 Å². The lowest BCUT2D eigenvalue weighted by molar-refractivity contribution is 0.0918. The first kappa shape index (κ1) is 18.8. The summed E-state index contributed by atoms with van der Waals surface area (Å²) in [6, 6.07) is 3.35. The zero-order valence-electron chi connectivity index (χ0n) is 17.1. The summed E-state index contributed by atoms with van der Waals surface area (Å²) < 4.78 is 21.8. The van der Waals surface area contributed by atoms with Crippen molar-refractivity contribution in [3.05, 3.63) is 47.7 Å². The molecule has 5 rings (SSSR count). The first-order valence-electron chi connectivity index (χ1n) is 9.94. The number of carbonyl (C=O) groups is 1. The summed E-state index contributed by atoms with van der Waals surface area (Å²) >= 11 is 0. The molecule has 1 N–H and O–H groups in total. The predicted octanol–water partition coefficient (Wildman–Crippen LogP) is 2.54. The van der Waals surface area contributed by atoms with Gasteiger partial charge >= 0.3 is 0 Å². The van der Waals surface area contributed by atoms with Gasteiger partial charge in [0.25, 0.3) is 5.91 Å². The first-order chi connectivity index (χ1) is 14.3. The number of aromatic nitrogens is 4. The van der Waals surface area contributed by atoms with Gasteiger partial charge in [-0.1, -0.05) is 13.8 Å². The highest BCUT2D eigenvalue weighted by Gasteiger charge is 2.51. The third kappa shape index (κ3) is 2.96. The van der Waals surface area contributed by atoms with Gasteiger partial charge in [0.15, 0.2) is 5.65 Å². The van der Waals surface area contributed by atoms with E-state index in [1.54, 1.807) is 10.7 Å². The van der Waals surface area contributed by atoms with E-state index in [2.05, 4.69) is 15.4 Å². The Labute approximate surface area is 173 Å². The zero-order valence-corrected chi connectivity index (χ0v) is 17.1. The Kier molecular flexibility index (Phi) is 4.00. The maximum absolute atomic E-state index is 14.2. The van der Waals surface area contributed by atoms with Gasteiger partial charge in [0.2, 0.25) is 5.88 Å². The summed E-state index contributed by atoms with van der Waals surface area (Å²) in [7, 11) is 1.92. The second kappa shape index (κ2) is 6.38. The summed E-state index contributed by atoms with van der Waals surface area (Å²) in [6.07, 6.45) is 6.13. The lowest BCUT2D eigenvalue weighted by atomic mass is 9.94. The molecule has 1 saturated carbocycles. The van der Waals surface area contributed by atoms with Crippen molar-refractivity contribution in [1.29, 1.82) is 0 Å². The molecule has 4 heterocycles. The summed E-state index contributed by atoms with van der Waals surface area (Å²) in [6.45, 7) is 4.71. The van der Waals surface area contributed by atoms with Crippen LogP contribution >= 0.6 is 0 Å². The highest BCUT2D eigenvalue weighted by Crippen LogP contribution is 2.54. The van der Waals surface area contributed by atoms with Gasteiger partial charge in [-0.2, -0.15) is 5.10 Å². The number of hydrogen-bond acceptors (Lipinski definition) is 6. The molecule has 9 heteroatoms. The smallest absolute Gasteiger partial charge is 0.256 e. The molecule has 2 bridgehead atoms. The van der Waals surface area contributed by atoms with E-state index in [1.807, 2.05) is 31.9 Å². The molecule has 2 aliphatic rings. The van der Waals surface area contributed by atoms with Crippen LogP contribution in [-0.2, 0) is 5.54 Å². The average molecular weight is 410 g/mol. The molecule has 0 aromatic carbocycles.